The normalized spacial score (nSPS) is 23.1. The smallest absolute Gasteiger partial charge is 0.337 e. The second-order valence-electron chi connectivity index (χ2n) is 5.37. The van der Waals surface area contributed by atoms with Gasteiger partial charge in [0.05, 0.1) is 17.4 Å². The van der Waals surface area contributed by atoms with Crippen molar-refractivity contribution in [3.8, 4) is 0 Å². The number of carboxylic acid groups (broad SMARTS) is 1. The lowest BCUT2D eigenvalue weighted by Gasteiger charge is -2.26. The van der Waals surface area contributed by atoms with Crippen LogP contribution in [0.5, 0.6) is 0 Å². The number of aromatic carboxylic acids is 1. The molecule has 1 aliphatic rings. The van der Waals surface area contributed by atoms with Crippen LogP contribution in [0.25, 0.3) is 0 Å². The summed E-state index contributed by atoms with van der Waals surface area (Å²) < 4.78 is 0. The number of hydrogen-bond acceptors (Lipinski definition) is 3. The van der Waals surface area contributed by atoms with Crippen LogP contribution in [0, 0.1) is 12.8 Å². The molecule has 104 valence electrons. The van der Waals surface area contributed by atoms with Crippen LogP contribution < -0.4 is 5.32 Å². The Morgan fingerprint density at radius 1 is 1.42 bits per heavy atom. The van der Waals surface area contributed by atoms with Crippen LogP contribution in [-0.2, 0) is 0 Å². The summed E-state index contributed by atoms with van der Waals surface area (Å²) in [6.45, 7) is 2.63. The first-order valence-electron chi connectivity index (χ1n) is 6.82. The Hall–Kier alpha value is -1.55. The molecular weight excluding hydrogens is 242 g/mol. The van der Waals surface area contributed by atoms with Crippen molar-refractivity contribution >= 4 is 11.7 Å². The van der Waals surface area contributed by atoms with E-state index in [1.165, 1.54) is 0 Å². The SMILES string of the molecule is Cc1cccc(C(=O)O)c1NCC1CCCC(O)C1. The van der Waals surface area contributed by atoms with Crippen LogP contribution in [0.2, 0.25) is 0 Å². The van der Waals surface area contributed by atoms with Crippen LogP contribution in [-0.4, -0.2) is 28.8 Å². The number of rotatable bonds is 4. The zero-order valence-corrected chi connectivity index (χ0v) is 11.2. The summed E-state index contributed by atoms with van der Waals surface area (Å²) >= 11 is 0. The maximum absolute atomic E-state index is 11.2. The van der Waals surface area contributed by atoms with Crippen molar-refractivity contribution in [2.24, 2.45) is 5.92 Å². The minimum atomic E-state index is -0.908. The lowest BCUT2D eigenvalue weighted by molar-refractivity contribution is 0.0697. The van der Waals surface area contributed by atoms with Crippen molar-refractivity contribution in [3.05, 3.63) is 29.3 Å². The lowest BCUT2D eigenvalue weighted by Crippen LogP contribution is -2.25. The van der Waals surface area contributed by atoms with Crippen LogP contribution in [0.1, 0.15) is 41.6 Å². The summed E-state index contributed by atoms with van der Waals surface area (Å²) in [4.78, 5) is 11.2. The first-order chi connectivity index (χ1) is 9.08. The van der Waals surface area contributed by atoms with Gasteiger partial charge < -0.3 is 15.5 Å². The Balaban J connectivity index is 2.04. The molecule has 19 heavy (non-hydrogen) atoms. The Bertz CT molecular complexity index is 459. The number of hydrogen-bond donors (Lipinski definition) is 3. The highest BCUT2D eigenvalue weighted by Crippen LogP contribution is 2.26. The van der Waals surface area contributed by atoms with Crippen LogP contribution >= 0.6 is 0 Å². The topological polar surface area (TPSA) is 69.6 Å². The van der Waals surface area contributed by atoms with Gasteiger partial charge >= 0.3 is 5.97 Å². The fourth-order valence-electron chi connectivity index (χ4n) is 2.78. The summed E-state index contributed by atoms with van der Waals surface area (Å²) in [5, 5.41) is 22.1. The molecule has 1 fully saturated rings. The minimum Gasteiger partial charge on any atom is -0.478 e. The van der Waals surface area contributed by atoms with E-state index in [2.05, 4.69) is 5.32 Å². The van der Waals surface area contributed by atoms with E-state index in [-0.39, 0.29) is 6.10 Å². The van der Waals surface area contributed by atoms with E-state index >= 15 is 0 Å². The number of aliphatic hydroxyl groups excluding tert-OH is 1. The molecule has 0 saturated heterocycles. The van der Waals surface area contributed by atoms with Crippen LogP contribution in [0.3, 0.4) is 0 Å². The van der Waals surface area contributed by atoms with Crippen molar-refractivity contribution in [3.63, 3.8) is 0 Å². The molecule has 2 rings (SSSR count). The van der Waals surface area contributed by atoms with Gasteiger partial charge in [0.25, 0.3) is 0 Å². The van der Waals surface area contributed by atoms with Crippen LogP contribution in [0.15, 0.2) is 18.2 Å². The minimum absolute atomic E-state index is 0.198. The average Bonchev–Trinajstić information content (AvgIpc) is 2.37. The molecule has 3 N–H and O–H groups in total. The van der Waals surface area contributed by atoms with Gasteiger partial charge in [-0.25, -0.2) is 4.79 Å². The highest BCUT2D eigenvalue weighted by molar-refractivity contribution is 5.95. The maximum Gasteiger partial charge on any atom is 0.337 e. The van der Waals surface area contributed by atoms with Gasteiger partial charge in [-0.15, -0.1) is 0 Å². The number of nitrogens with one attached hydrogen (secondary N) is 1. The van der Waals surface area contributed by atoms with Crippen LogP contribution in [0.4, 0.5) is 5.69 Å². The zero-order chi connectivity index (χ0) is 13.8. The number of benzene rings is 1. The van der Waals surface area contributed by atoms with E-state index < -0.39 is 5.97 Å². The number of carbonyl (C=O) groups is 1. The fourth-order valence-corrected chi connectivity index (χ4v) is 2.78. The van der Waals surface area contributed by atoms with Gasteiger partial charge in [0, 0.05) is 6.54 Å². The molecule has 4 heteroatoms. The molecule has 2 unspecified atom stereocenters. The predicted octanol–water partition coefficient (Wildman–Crippen LogP) is 2.66. The number of para-hydroxylation sites is 1. The number of anilines is 1. The summed E-state index contributed by atoms with van der Waals surface area (Å²) in [6.07, 6.45) is 3.64. The molecule has 0 radical (unpaired) electrons. The molecule has 1 saturated carbocycles. The molecule has 0 bridgehead atoms. The lowest BCUT2D eigenvalue weighted by atomic mass is 9.87. The highest BCUT2D eigenvalue weighted by Gasteiger charge is 2.21. The van der Waals surface area contributed by atoms with Crippen molar-refractivity contribution in [1.82, 2.24) is 0 Å². The number of aliphatic hydroxyl groups is 1. The third kappa shape index (κ3) is 3.47. The van der Waals surface area contributed by atoms with E-state index in [0.717, 1.165) is 37.8 Å². The third-order valence-corrected chi connectivity index (χ3v) is 3.83. The highest BCUT2D eigenvalue weighted by atomic mass is 16.4. The van der Waals surface area contributed by atoms with Gasteiger partial charge in [-0.05, 0) is 43.7 Å². The van der Waals surface area contributed by atoms with Gasteiger partial charge in [-0.2, -0.15) is 0 Å². The molecule has 0 aromatic heterocycles. The van der Waals surface area contributed by atoms with E-state index in [4.69, 9.17) is 0 Å². The third-order valence-electron chi connectivity index (χ3n) is 3.83. The van der Waals surface area contributed by atoms with E-state index in [1.54, 1.807) is 12.1 Å². The summed E-state index contributed by atoms with van der Waals surface area (Å²) in [5.41, 5.74) is 1.96. The van der Waals surface area contributed by atoms with Crippen molar-refractivity contribution in [2.45, 2.75) is 38.7 Å². The molecule has 1 aromatic rings. The zero-order valence-electron chi connectivity index (χ0n) is 11.2. The molecule has 4 nitrogen and oxygen atoms in total. The van der Waals surface area contributed by atoms with Gasteiger partial charge in [0.15, 0.2) is 0 Å². The first-order valence-corrected chi connectivity index (χ1v) is 6.82. The monoisotopic (exact) mass is 263 g/mol. The second kappa shape index (κ2) is 6.06. The Morgan fingerprint density at radius 2 is 2.21 bits per heavy atom. The number of carboxylic acids is 1. The van der Waals surface area contributed by atoms with E-state index in [1.807, 2.05) is 13.0 Å². The van der Waals surface area contributed by atoms with E-state index in [0.29, 0.717) is 17.2 Å². The van der Waals surface area contributed by atoms with Gasteiger partial charge in [0.2, 0.25) is 0 Å². The quantitative estimate of drug-likeness (QED) is 0.781. The number of aryl methyl sites for hydroxylation is 1. The second-order valence-corrected chi connectivity index (χ2v) is 5.37. The molecular formula is C15H21NO3. The largest absolute Gasteiger partial charge is 0.478 e. The molecule has 1 aliphatic carbocycles. The Kier molecular flexibility index (Phi) is 4.43. The Morgan fingerprint density at radius 3 is 2.89 bits per heavy atom. The van der Waals surface area contributed by atoms with Gasteiger partial charge in [-0.3, -0.25) is 0 Å². The molecule has 2 atom stereocenters. The summed E-state index contributed by atoms with van der Waals surface area (Å²) in [6, 6.07) is 5.28. The average molecular weight is 263 g/mol. The molecule has 0 heterocycles. The maximum atomic E-state index is 11.2. The van der Waals surface area contributed by atoms with Gasteiger partial charge in [-0.1, -0.05) is 18.6 Å². The molecule has 0 aliphatic heterocycles. The molecule has 0 spiro atoms. The first kappa shape index (κ1) is 13.9. The fraction of sp³-hybridized carbons (Fsp3) is 0.533. The Labute approximate surface area is 113 Å². The van der Waals surface area contributed by atoms with Crippen molar-refractivity contribution in [1.29, 1.82) is 0 Å². The van der Waals surface area contributed by atoms with Crippen molar-refractivity contribution in [2.75, 3.05) is 11.9 Å². The van der Waals surface area contributed by atoms with E-state index in [9.17, 15) is 15.0 Å². The standard InChI is InChI=1S/C15H21NO3/c1-10-4-2-7-13(15(18)19)14(10)16-9-11-5-3-6-12(17)8-11/h2,4,7,11-12,16-17H,3,5-6,8-9H2,1H3,(H,18,19). The summed E-state index contributed by atoms with van der Waals surface area (Å²) in [5.74, 6) is -0.486. The molecule has 1 aromatic carbocycles. The van der Waals surface area contributed by atoms with Crippen molar-refractivity contribution < 1.29 is 15.0 Å². The van der Waals surface area contributed by atoms with Gasteiger partial charge in [0.1, 0.15) is 0 Å². The molecule has 0 amide bonds. The summed E-state index contributed by atoms with van der Waals surface area (Å²) in [7, 11) is 0. The predicted molar refractivity (Wildman–Crippen MR) is 74.6 cm³/mol.